The van der Waals surface area contributed by atoms with Crippen LogP contribution in [0.2, 0.25) is 0 Å². The fraction of sp³-hybridized carbons (Fsp3) is 0.273. The molecule has 174 valence electrons. The van der Waals surface area contributed by atoms with Crippen molar-refractivity contribution in [1.82, 2.24) is 15.5 Å². The average Bonchev–Trinajstić information content (AvgIpc) is 3.32. The van der Waals surface area contributed by atoms with E-state index in [9.17, 15) is 18.0 Å². The van der Waals surface area contributed by atoms with E-state index in [1.54, 1.807) is 13.3 Å². The van der Waals surface area contributed by atoms with Crippen molar-refractivity contribution < 1.29 is 32.1 Å². The van der Waals surface area contributed by atoms with E-state index in [1.807, 2.05) is 31.2 Å². The highest BCUT2D eigenvalue weighted by atomic mass is 19.4. The molecule has 1 aromatic heterocycles. The maximum atomic E-state index is 12.6. The number of oxime groups is 1. The number of amides is 1. The summed E-state index contributed by atoms with van der Waals surface area (Å²) in [6.45, 7) is 2.41. The first-order valence-electron chi connectivity index (χ1n) is 9.85. The molecule has 3 aromatic rings. The van der Waals surface area contributed by atoms with Crippen LogP contribution in [0.25, 0.3) is 11.4 Å². The Hall–Kier alpha value is -3.89. The molecule has 0 aliphatic carbocycles. The Morgan fingerprint density at radius 2 is 1.94 bits per heavy atom. The lowest BCUT2D eigenvalue weighted by atomic mass is 10.1. The molecule has 1 unspecified atom stereocenters. The summed E-state index contributed by atoms with van der Waals surface area (Å²) in [4.78, 5) is 20.9. The van der Waals surface area contributed by atoms with Gasteiger partial charge in [-0.3, -0.25) is 4.79 Å². The van der Waals surface area contributed by atoms with E-state index in [-0.39, 0.29) is 24.3 Å². The standard InChI is InChI=1S/C22H21F3N4O4/c1-14(12-27-32-13-17-5-3-4-6-18(17)31-2)11-26-20(30)16-9-7-15(8-10-16)19-28-21(33-29-19)22(23,24)25/h3-10,12,14H,11,13H2,1-2H3,(H,26,30). The molecule has 1 N–H and O–H groups in total. The van der Waals surface area contributed by atoms with Gasteiger partial charge in [-0.05, 0) is 18.2 Å². The van der Waals surface area contributed by atoms with Gasteiger partial charge < -0.3 is 19.4 Å². The van der Waals surface area contributed by atoms with Crippen molar-refractivity contribution in [3.63, 3.8) is 0 Å². The molecule has 0 fully saturated rings. The predicted molar refractivity (Wildman–Crippen MR) is 113 cm³/mol. The number of carbonyl (C=O) groups excluding carboxylic acids is 1. The molecule has 0 bridgehead atoms. The van der Waals surface area contributed by atoms with E-state index in [0.717, 1.165) is 5.56 Å². The normalized spacial score (nSPS) is 12.5. The fourth-order valence-electron chi connectivity index (χ4n) is 2.71. The number of carbonyl (C=O) groups is 1. The number of nitrogens with one attached hydrogen (secondary N) is 1. The van der Waals surface area contributed by atoms with Crippen molar-refractivity contribution in [2.24, 2.45) is 11.1 Å². The molecule has 33 heavy (non-hydrogen) atoms. The van der Waals surface area contributed by atoms with Crippen molar-refractivity contribution >= 4 is 12.1 Å². The minimum atomic E-state index is -4.72. The number of hydrogen-bond donors (Lipinski definition) is 1. The van der Waals surface area contributed by atoms with Crippen LogP contribution in [0.1, 0.15) is 28.7 Å². The second-order valence-corrected chi connectivity index (χ2v) is 7.03. The summed E-state index contributed by atoms with van der Waals surface area (Å²) in [5, 5.41) is 9.99. The zero-order valence-electron chi connectivity index (χ0n) is 17.8. The van der Waals surface area contributed by atoms with Gasteiger partial charge in [0, 0.05) is 35.4 Å². The summed E-state index contributed by atoms with van der Waals surface area (Å²) >= 11 is 0. The largest absolute Gasteiger partial charge is 0.496 e. The summed E-state index contributed by atoms with van der Waals surface area (Å²) in [6, 6.07) is 13.2. The summed E-state index contributed by atoms with van der Waals surface area (Å²) in [5.74, 6) is -1.39. The third-order valence-corrected chi connectivity index (χ3v) is 4.46. The van der Waals surface area contributed by atoms with Crippen LogP contribution in [0.3, 0.4) is 0 Å². The van der Waals surface area contributed by atoms with Crippen molar-refractivity contribution in [1.29, 1.82) is 0 Å². The number of halogens is 3. The zero-order valence-corrected chi connectivity index (χ0v) is 17.8. The number of aromatic nitrogens is 2. The number of para-hydroxylation sites is 1. The van der Waals surface area contributed by atoms with Gasteiger partial charge in [0.05, 0.1) is 7.11 Å². The molecular formula is C22H21F3N4O4. The number of benzene rings is 2. The number of nitrogens with zero attached hydrogens (tertiary/aromatic N) is 3. The number of hydrogen-bond acceptors (Lipinski definition) is 7. The molecule has 2 aromatic carbocycles. The number of rotatable bonds is 9. The van der Waals surface area contributed by atoms with Gasteiger partial charge in [-0.15, -0.1) is 0 Å². The molecule has 1 heterocycles. The van der Waals surface area contributed by atoms with Gasteiger partial charge >= 0.3 is 12.1 Å². The summed E-state index contributed by atoms with van der Waals surface area (Å²) < 4.78 is 47.2. The molecule has 0 saturated heterocycles. The maximum absolute atomic E-state index is 12.6. The van der Waals surface area contributed by atoms with Crippen LogP contribution in [0.15, 0.2) is 58.2 Å². The van der Waals surface area contributed by atoms with E-state index < -0.39 is 12.1 Å². The first-order chi connectivity index (χ1) is 15.8. The highest BCUT2D eigenvalue weighted by Gasteiger charge is 2.38. The minimum Gasteiger partial charge on any atom is -0.496 e. The first kappa shape index (κ1) is 23.8. The maximum Gasteiger partial charge on any atom is 0.471 e. The monoisotopic (exact) mass is 462 g/mol. The Kier molecular flexibility index (Phi) is 7.65. The average molecular weight is 462 g/mol. The molecule has 0 aliphatic heterocycles. The number of alkyl halides is 3. The van der Waals surface area contributed by atoms with Crippen LogP contribution in [0.5, 0.6) is 5.75 Å². The highest BCUT2D eigenvalue weighted by Crippen LogP contribution is 2.29. The number of ether oxygens (including phenoxy) is 1. The van der Waals surface area contributed by atoms with Crippen LogP contribution < -0.4 is 10.1 Å². The summed E-state index contributed by atoms with van der Waals surface area (Å²) in [7, 11) is 1.58. The van der Waals surface area contributed by atoms with Gasteiger partial charge in [0.25, 0.3) is 5.91 Å². The third-order valence-electron chi connectivity index (χ3n) is 4.46. The van der Waals surface area contributed by atoms with Crippen LogP contribution in [-0.2, 0) is 17.6 Å². The molecule has 0 spiro atoms. The molecular weight excluding hydrogens is 441 g/mol. The van der Waals surface area contributed by atoms with E-state index in [0.29, 0.717) is 23.4 Å². The third kappa shape index (κ3) is 6.55. The van der Waals surface area contributed by atoms with Crippen molar-refractivity contribution in [3.05, 3.63) is 65.5 Å². The van der Waals surface area contributed by atoms with Gasteiger partial charge in [0.15, 0.2) is 0 Å². The molecule has 1 atom stereocenters. The predicted octanol–water partition coefficient (Wildman–Crippen LogP) is 4.33. The van der Waals surface area contributed by atoms with E-state index in [2.05, 4.69) is 25.1 Å². The Morgan fingerprint density at radius 1 is 1.21 bits per heavy atom. The van der Waals surface area contributed by atoms with Gasteiger partial charge in [-0.25, -0.2) is 0 Å². The van der Waals surface area contributed by atoms with Crippen LogP contribution in [0, 0.1) is 5.92 Å². The van der Waals surface area contributed by atoms with E-state index in [1.165, 1.54) is 24.3 Å². The smallest absolute Gasteiger partial charge is 0.471 e. The number of methoxy groups -OCH3 is 1. The Balaban J connectivity index is 1.47. The molecule has 0 saturated carbocycles. The molecule has 0 radical (unpaired) electrons. The molecule has 3 rings (SSSR count). The molecule has 11 heteroatoms. The van der Waals surface area contributed by atoms with Gasteiger partial charge in [0.2, 0.25) is 5.82 Å². The topological polar surface area (TPSA) is 98.8 Å². The Morgan fingerprint density at radius 3 is 2.61 bits per heavy atom. The van der Waals surface area contributed by atoms with E-state index in [4.69, 9.17) is 9.57 Å². The minimum absolute atomic E-state index is 0.106. The molecule has 8 nitrogen and oxygen atoms in total. The van der Waals surface area contributed by atoms with Crippen molar-refractivity contribution in [2.75, 3.05) is 13.7 Å². The van der Waals surface area contributed by atoms with E-state index >= 15 is 0 Å². The van der Waals surface area contributed by atoms with Crippen LogP contribution in [0.4, 0.5) is 13.2 Å². The Bertz CT molecular complexity index is 1100. The highest BCUT2D eigenvalue weighted by molar-refractivity contribution is 5.94. The second-order valence-electron chi connectivity index (χ2n) is 7.03. The van der Waals surface area contributed by atoms with Crippen molar-refractivity contribution in [2.45, 2.75) is 19.7 Å². The van der Waals surface area contributed by atoms with Gasteiger partial charge in [0.1, 0.15) is 12.4 Å². The summed E-state index contributed by atoms with van der Waals surface area (Å²) in [6.07, 6.45) is -3.14. The lowest BCUT2D eigenvalue weighted by Gasteiger charge is -2.09. The fourth-order valence-corrected chi connectivity index (χ4v) is 2.71. The van der Waals surface area contributed by atoms with Crippen LogP contribution in [-0.4, -0.2) is 35.9 Å². The zero-order chi connectivity index (χ0) is 23.8. The van der Waals surface area contributed by atoms with Gasteiger partial charge in [-0.2, -0.15) is 18.2 Å². The molecule has 1 amide bonds. The molecule has 0 aliphatic rings. The van der Waals surface area contributed by atoms with Crippen LogP contribution >= 0.6 is 0 Å². The lowest BCUT2D eigenvalue weighted by molar-refractivity contribution is -0.159. The SMILES string of the molecule is COc1ccccc1CON=CC(C)CNC(=O)c1ccc(-c2noc(C(F)(F)F)n2)cc1. The lowest BCUT2D eigenvalue weighted by Crippen LogP contribution is -2.28. The first-order valence-corrected chi connectivity index (χ1v) is 9.85. The van der Waals surface area contributed by atoms with Gasteiger partial charge in [-0.1, -0.05) is 47.6 Å². The quantitative estimate of drug-likeness (QED) is 0.375. The second kappa shape index (κ2) is 10.6. The Labute approximate surface area is 187 Å². The van der Waals surface area contributed by atoms with Crippen molar-refractivity contribution in [3.8, 4) is 17.1 Å². The summed E-state index contributed by atoms with van der Waals surface area (Å²) in [5.41, 5.74) is 1.48.